The summed E-state index contributed by atoms with van der Waals surface area (Å²) in [5.74, 6) is 2.13. The molecule has 1 aliphatic heterocycles. The van der Waals surface area contributed by atoms with Crippen molar-refractivity contribution in [2.75, 3.05) is 6.79 Å². The number of benzene rings is 2. The zero-order valence-electron chi connectivity index (χ0n) is 16.5. The molecule has 0 unspecified atom stereocenters. The Morgan fingerprint density at radius 3 is 2.77 bits per heavy atom. The first-order valence-corrected chi connectivity index (χ1v) is 9.67. The molecular formula is C23H20N4O3. The van der Waals surface area contributed by atoms with Crippen LogP contribution >= 0.6 is 0 Å². The molecule has 0 radical (unpaired) electrons. The van der Waals surface area contributed by atoms with E-state index in [1.165, 1.54) is 0 Å². The van der Waals surface area contributed by atoms with E-state index >= 15 is 0 Å². The lowest BCUT2D eigenvalue weighted by Crippen LogP contribution is -2.31. The van der Waals surface area contributed by atoms with Crippen molar-refractivity contribution < 1.29 is 14.3 Å². The molecule has 2 aromatic carbocycles. The van der Waals surface area contributed by atoms with Gasteiger partial charge in [0.1, 0.15) is 5.82 Å². The highest BCUT2D eigenvalue weighted by atomic mass is 16.7. The van der Waals surface area contributed by atoms with Gasteiger partial charge in [-0.1, -0.05) is 18.2 Å². The topological polar surface area (TPSA) is 69.5 Å². The van der Waals surface area contributed by atoms with E-state index in [9.17, 15) is 4.79 Å². The number of nitrogens with zero attached hydrogens (tertiary/aromatic N) is 4. The van der Waals surface area contributed by atoms with Crippen LogP contribution in [0.4, 0.5) is 0 Å². The minimum atomic E-state index is -0.104. The SMILES string of the molecule is Cn1c(CN(Cc2ccc3c(c2)OCO3)C(=O)c2cccnc2)nc2ccccc21. The van der Waals surface area contributed by atoms with Gasteiger partial charge in [0.05, 0.1) is 23.1 Å². The van der Waals surface area contributed by atoms with Gasteiger partial charge in [-0.25, -0.2) is 4.98 Å². The quantitative estimate of drug-likeness (QED) is 0.513. The number of pyridine rings is 1. The average molecular weight is 400 g/mol. The van der Waals surface area contributed by atoms with E-state index in [-0.39, 0.29) is 12.7 Å². The fourth-order valence-electron chi connectivity index (χ4n) is 3.64. The summed E-state index contributed by atoms with van der Waals surface area (Å²) < 4.78 is 12.9. The molecule has 0 saturated heterocycles. The number of carbonyl (C=O) groups excluding carboxylic acids is 1. The molecule has 7 heteroatoms. The molecule has 4 aromatic rings. The third kappa shape index (κ3) is 3.34. The molecule has 2 aromatic heterocycles. The van der Waals surface area contributed by atoms with Crippen molar-refractivity contribution >= 4 is 16.9 Å². The smallest absolute Gasteiger partial charge is 0.256 e. The van der Waals surface area contributed by atoms with E-state index in [1.54, 1.807) is 29.4 Å². The number of imidazole rings is 1. The van der Waals surface area contributed by atoms with Crippen LogP contribution in [-0.2, 0) is 20.1 Å². The zero-order chi connectivity index (χ0) is 20.5. The molecule has 0 fully saturated rings. The van der Waals surface area contributed by atoms with Crippen molar-refractivity contribution in [2.45, 2.75) is 13.1 Å². The van der Waals surface area contributed by atoms with Crippen LogP contribution in [0.2, 0.25) is 0 Å². The van der Waals surface area contributed by atoms with Gasteiger partial charge in [0.25, 0.3) is 5.91 Å². The van der Waals surface area contributed by atoms with Gasteiger partial charge in [-0.2, -0.15) is 0 Å². The molecule has 0 N–H and O–H groups in total. The Labute approximate surface area is 173 Å². The first-order valence-electron chi connectivity index (χ1n) is 9.67. The van der Waals surface area contributed by atoms with Crippen molar-refractivity contribution in [2.24, 2.45) is 7.05 Å². The summed E-state index contributed by atoms with van der Waals surface area (Å²) in [6, 6.07) is 17.2. The Hall–Kier alpha value is -3.87. The van der Waals surface area contributed by atoms with Gasteiger partial charge in [-0.15, -0.1) is 0 Å². The van der Waals surface area contributed by atoms with Crippen LogP contribution in [0.5, 0.6) is 11.5 Å². The van der Waals surface area contributed by atoms with Crippen molar-refractivity contribution in [3.8, 4) is 11.5 Å². The second-order valence-corrected chi connectivity index (χ2v) is 7.17. The summed E-state index contributed by atoms with van der Waals surface area (Å²) in [6.07, 6.45) is 3.24. The van der Waals surface area contributed by atoms with Crippen LogP contribution < -0.4 is 9.47 Å². The number of hydrogen-bond donors (Lipinski definition) is 0. The van der Waals surface area contributed by atoms with Crippen LogP contribution in [-0.4, -0.2) is 32.1 Å². The van der Waals surface area contributed by atoms with E-state index in [0.717, 1.165) is 28.2 Å². The third-order valence-corrected chi connectivity index (χ3v) is 5.22. The van der Waals surface area contributed by atoms with Crippen molar-refractivity contribution in [3.05, 3.63) is 83.9 Å². The molecular weight excluding hydrogens is 380 g/mol. The maximum atomic E-state index is 13.3. The van der Waals surface area contributed by atoms with Crippen LogP contribution in [0.15, 0.2) is 67.0 Å². The van der Waals surface area contributed by atoms with Gasteiger partial charge in [0.15, 0.2) is 11.5 Å². The Bertz CT molecular complexity index is 1220. The van der Waals surface area contributed by atoms with E-state index in [4.69, 9.17) is 14.5 Å². The van der Waals surface area contributed by atoms with Crippen LogP contribution in [0.25, 0.3) is 11.0 Å². The average Bonchev–Trinajstić information content (AvgIpc) is 3.38. The number of hydrogen-bond acceptors (Lipinski definition) is 5. The largest absolute Gasteiger partial charge is 0.454 e. The molecule has 0 aliphatic carbocycles. The Morgan fingerprint density at radius 1 is 1.07 bits per heavy atom. The van der Waals surface area contributed by atoms with Crippen molar-refractivity contribution in [1.29, 1.82) is 0 Å². The van der Waals surface area contributed by atoms with E-state index in [0.29, 0.717) is 24.4 Å². The third-order valence-electron chi connectivity index (χ3n) is 5.22. The number of carbonyl (C=O) groups is 1. The highest BCUT2D eigenvalue weighted by Crippen LogP contribution is 2.33. The second-order valence-electron chi connectivity index (χ2n) is 7.17. The number of para-hydroxylation sites is 2. The number of aromatic nitrogens is 3. The normalized spacial score (nSPS) is 12.3. The second kappa shape index (κ2) is 7.51. The molecule has 1 aliphatic rings. The van der Waals surface area contributed by atoms with Gasteiger partial charge < -0.3 is 18.9 Å². The molecule has 30 heavy (non-hydrogen) atoms. The van der Waals surface area contributed by atoms with Gasteiger partial charge in [0, 0.05) is 26.0 Å². The fraction of sp³-hybridized carbons (Fsp3) is 0.174. The highest BCUT2D eigenvalue weighted by Gasteiger charge is 2.21. The number of aryl methyl sites for hydroxylation is 1. The fourth-order valence-corrected chi connectivity index (χ4v) is 3.64. The molecule has 1 amide bonds. The summed E-state index contributed by atoms with van der Waals surface area (Å²) in [7, 11) is 1.97. The van der Waals surface area contributed by atoms with Gasteiger partial charge >= 0.3 is 0 Å². The van der Waals surface area contributed by atoms with Crippen LogP contribution in [0.1, 0.15) is 21.7 Å². The van der Waals surface area contributed by atoms with E-state index in [2.05, 4.69) is 4.98 Å². The number of ether oxygens (including phenoxy) is 2. The van der Waals surface area contributed by atoms with Crippen LogP contribution in [0, 0.1) is 0 Å². The number of amides is 1. The molecule has 7 nitrogen and oxygen atoms in total. The summed E-state index contributed by atoms with van der Waals surface area (Å²) in [5, 5.41) is 0. The summed E-state index contributed by atoms with van der Waals surface area (Å²) >= 11 is 0. The van der Waals surface area contributed by atoms with Gasteiger partial charge in [-0.3, -0.25) is 9.78 Å². The highest BCUT2D eigenvalue weighted by molar-refractivity contribution is 5.93. The lowest BCUT2D eigenvalue weighted by molar-refractivity contribution is 0.0723. The lowest BCUT2D eigenvalue weighted by Gasteiger charge is -2.23. The monoisotopic (exact) mass is 400 g/mol. The minimum absolute atomic E-state index is 0.104. The maximum absolute atomic E-state index is 13.3. The molecule has 0 saturated carbocycles. The number of fused-ring (bicyclic) bond motifs is 2. The summed E-state index contributed by atoms with van der Waals surface area (Å²) in [5.41, 5.74) is 3.43. The molecule has 0 bridgehead atoms. The Balaban J connectivity index is 1.49. The molecule has 150 valence electrons. The van der Waals surface area contributed by atoms with Crippen LogP contribution in [0.3, 0.4) is 0 Å². The van der Waals surface area contributed by atoms with E-state index < -0.39 is 0 Å². The molecule has 3 heterocycles. The number of rotatable bonds is 5. The lowest BCUT2D eigenvalue weighted by atomic mass is 10.1. The van der Waals surface area contributed by atoms with Gasteiger partial charge in [0.2, 0.25) is 6.79 Å². The van der Waals surface area contributed by atoms with E-state index in [1.807, 2.05) is 54.1 Å². The molecule has 0 atom stereocenters. The Kier molecular flexibility index (Phi) is 4.55. The maximum Gasteiger partial charge on any atom is 0.256 e. The first-order chi connectivity index (χ1) is 14.7. The summed E-state index contributed by atoms with van der Waals surface area (Å²) in [6.45, 7) is 0.998. The van der Waals surface area contributed by atoms with Gasteiger partial charge in [-0.05, 0) is 42.0 Å². The zero-order valence-corrected chi connectivity index (χ0v) is 16.5. The minimum Gasteiger partial charge on any atom is -0.454 e. The predicted molar refractivity (Wildman–Crippen MR) is 111 cm³/mol. The van der Waals surface area contributed by atoms with Crippen molar-refractivity contribution in [1.82, 2.24) is 19.4 Å². The summed E-state index contributed by atoms with van der Waals surface area (Å²) in [4.78, 5) is 23.9. The standard InChI is InChI=1S/C23H20N4O3/c1-26-19-7-3-2-6-18(19)25-22(26)14-27(23(28)17-5-4-10-24-12-17)13-16-8-9-20-21(11-16)30-15-29-20/h2-12H,13-15H2,1H3. The van der Waals surface area contributed by atoms with Crippen molar-refractivity contribution in [3.63, 3.8) is 0 Å². The first kappa shape index (κ1) is 18.2. The Morgan fingerprint density at radius 2 is 1.93 bits per heavy atom. The molecule has 0 spiro atoms. The predicted octanol–water partition coefficient (Wildman–Crippen LogP) is 3.54. The molecule has 5 rings (SSSR count).